The van der Waals surface area contributed by atoms with E-state index in [1.165, 1.54) is 0 Å². The normalized spacial score (nSPS) is 13.1. The van der Waals surface area contributed by atoms with Gasteiger partial charge in [-0.2, -0.15) is 0 Å². The van der Waals surface area contributed by atoms with Crippen molar-refractivity contribution in [1.29, 1.82) is 0 Å². The molecule has 0 aliphatic heterocycles. The molecule has 0 amide bonds. The van der Waals surface area contributed by atoms with E-state index in [1.54, 1.807) is 36.5 Å². The molecule has 0 saturated heterocycles. The third kappa shape index (κ3) is 3.39. The largest absolute Gasteiger partial charge is 0.323 e. The van der Waals surface area contributed by atoms with E-state index >= 15 is 0 Å². The van der Waals surface area contributed by atoms with Crippen LogP contribution >= 0.6 is 0 Å². The second kappa shape index (κ2) is 6.45. The predicted molar refractivity (Wildman–Crippen MR) is 90.3 cm³/mol. The van der Waals surface area contributed by atoms with Crippen LogP contribution in [0.5, 0.6) is 0 Å². The van der Waals surface area contributed by atoms with Crippen LogP contribution in [0.15, 0.2) is 71.8 Å². The van der Waals surface area contributed by atoms with Gasteiger partial charge in [-0.1, -0.05) is 36.4 Å². The summed E-state index contributed by atoms with van der Waals surface area (Å²) < 4.78 is 27.8. The minimum atomic E-state index is -3.66. The van der Waals surface area contributed by atoms with Gasteiger partial charge in [-0.3, -0.25) is 4.98 Å². The van der Waals surface area contributed by atoms with Gasteiger partial charge >= 0.3 is 0 Å². The molecule has 0 spiro atoms. The molecule has 0 aliphatic carbocycles. The lowest BCUT2D eigenvalue weighted by Crippen LogP contribution is -2.32. The zero-order chi connectivity index (χ0) is 16.3. The molecule has 0 aliphatic rings. The van der Waals surface area contributed by atoms with E-state index in [0.717, 1.165) is 5.56 Å². The van der Waals surface area contributed by atoms with Crippen molar-refractivity contribution in [3.63, 3.8) is 0 Å². The number of nitrogens with zero attached hydrogens (tertiary/aromatic N) is 1. The number of nitrogens with two attached hydrogens (primary N) is 1. The van der Waals surface area contributed by atoms with Crippen LogP contribution in [-0.4, -0.2) is 19.9 Å². The number of nitrogens with one attached hydrogen (secondary N) is 1. The van der Waals surface area contributed by atoms with Crippen molar-refractivity contribution in [1.82, 2.24) is 9.71 Å². The van der Waals surface area contributed by atoms with Crippen LogP contribution in [-0.2, 0) is 10.0 Å². The van der Waals surface area contributed by atoms with Crippen molar-refractivity contribution in [3.05, 3.63) is 72.4 Å². The lowest BCUT2D eigenvalue weighted by atomic mass is 10.1. The first-order chi connectivity index (χ1) is 11.1. The van der Waals surface area contributed by atoms with Crippen molar-refractivity contribution >= 4 is 20.9 Å². The van der Waals surface area contributed by atoms with Gasteiger partial charge in [0.05, 0.1) is 10.4 Å². The summed E-state index contributed by atoms with van der Waals surface area (Å²) in [5.74, 6) is 0. The van der Waals surface area contributed by atoms with Crippen molar-refractivity contribution in [3.8, 4) is 0 Å². The fourth-order valence-corrected chi connectivity index (χ4v) is 3.68. The van der Waals surface area contributed by atoms with Gasteiger partial charge in [0, 0.05) is 24.2 Å². The fourth-order valence-electron chi connectivity index (χ4n) is 2.40. The summed E-state index contributed by atoms with van der Waals surface area (Å²) in [5.41, 5.74) is 7.58. The standard InChI is InChI=1S/C17H17N3O2S/c18-15(13-6-2-1-3-7-13)12-20-23(21,22)17-10-4-9-16-14(17)8-5-11-19-16/h1-11,15,20H,12,18H2/t15-/m1/s1. The topological polar surface area (TPSA) is 85.1 Å². The van der Waals surface area contributed by atoms with E-state index in [2.05, 4.69) is 9.71 Å². The first-order valence-electron chi connectivity index (χ1n) is 7.22. The van der Waals surface area contributed by atoms with E-state index in [9.17, 15) is 8.42 Å². The Hall–Kier alpha value is -2.28. The molecule has 23 heavy (non-hydrogen) atoms. The Morgan fingerprint density at radius 3 is 2.57 bits per heavy atom. The van der Waals surface area contributed by atoms with E-state index < -0.39 is 16.1 Å². The van der Waals surface area contributed by atoms with E-state index in [0.29, 0.717) is 10.9 Å². The van der Waals surface area contributed by atoms with Crippen molar-refractivity contribution in [2.75, 3.05) is 6.54 Å². The minimum absolute atomic E-state index is 0.128. The number of pyridine rings is 1. The Labute approximate surface area is 135 Å². The van der Waals surface area contributed by atoms with Crippen LogP contribution < -0.4 is 10.5 Å². The van der Waals surface area contributed by atoms with Crippen LogP contribution in [0, 0.1) is 0 Å². The van der Waals surface area contributed by atoms with Crippen LogP contribution in [0.1, 0.15) is 11.6 Å². The maximum atomic E-state index is 12.6. The molecule has 6 heteroatoms. The number of sulfonamides is 1. The molecule has 3 rings (SSSR count). The molecule has 0 bridgehead atoms. The molecule has 1 aromatic heterocycles. The molecule has 0 saturated carbocycles. The van der Waals surface area contributed by atoms with Crippen LogP contribution in [0.2, 0.25) is 0 Å². The van der Waals surface area contributed by atoms with Gasteiger partial charge in [0.15, 0.2) is 0 Å². The molecule has 1 atom stereocenters. The van der Waals surface area contributed by atoms with E-state index in [4.69, 9.17) is 5.73 Å². The van der Waals surface area contributed by atoms with Gasteiger partial charge in [-0.25, -0.2) is 13.1 Å². The highest BCUT2D eigenvalue weighted by Gasteiger charge is 2.18. The Balaban J connectivity index is 1.84. The lowest BCUT2D eigenvalue weighted by Gasteiger charge is -2.14. The van der Waals surface area contributed by atoms with Gasteiger partial charge < -0.3 is 5.73 Å². The molecule has 0 unspecified atom stereocenters. The fraction of sp³-hybridized carbons (Fsp3) is 0.118. The smallest absolute Gasteiger partial charge is 0.241 e. The molecule has 0 radical (unpaired) electrons. The third-order valence-corrected chi connectivity index (χ3v) is 5.10. The number of rotatable bonds is 5. The maximum absolute atomic E-state index is 12.6. The summed E-state index contributed by atoms with van der Waals surface area (Å²) in [4.78, 5) is 4.39. The average Bonchev–Trinajstić information content (AvgIpc) is 2.60. The van der Waals surface area contributed by atoms with Gasteiger partial charge in [0.1, 0.15) is 0 Å². The molecule has 2 aromatic carbocycles. The SMILES string of the molecule is N[C@H](CNS(=O)(=O)c1cccc2ncccc12)c1ccccc1. The Morgan fingerprint density at radius 2 is 1.78 bits per heavy atom. The molecule has 3 aromatic rings. The number of aromatic nitrogens is 1. The predicted octanol–water partition coefficient (Wildman–Crippen LogP) is 2.21. The van der Waals surface area contributed by atoms with E-state index in [1.807, 2.05) is 30.3 Å². The maximum Gasteiger partial charge on any atom is 0.241 e. The second-order valence-electron chi connectivity index (χ2n) is 5.20. The van der Waals surface area contributed by atoms with Crippen molar-refractivity contribution in [2.45, 2.75) is 10.9 Å². The summed E-state index contributed by atoms with van der Waals surface area (Å²) in [5, 5.41) is 0.593. The second-order valence-corrected chi connectivity index (χ2v) is 6.93. The third-order valence-electron chi connectivity index (χ3n) is 3.62. The van der Waals surface area contributed by atoms with Gasteiger partial charge in [-0.05, 0) is 29.8 Å². The average molecular weight is 327 g/mol. The Kier molecular flexibility index (Phi) is 4.38. The summed E-state index contributed by atoms with van der Waals surface area (Å²) in [7, 11) is -3.66. The summed E-state index contributed by atoms with van der Waals surface area (Å²) in [6.45, 7) is 0.128. The molecule has 118 valence electrons. The Bertz CT molecular complexity index is 906. The van der Waals surface area contributed by atoms with Crippen molar-refractivity contribution < 1.29 is 8.42 Å². The van der Waals surface area contributed by atoms with Gasteiger partial charge in [0.25, 0.3) is 0 Å². The highest BCUT2D eigenvalue weighted by molar-refractivity contribution is 7.89. The van der Waals surface area contributed by atoms with E-state index in [-0.39, 0.29) is 11.4 Å². The Morgan fingerprint density at radius 1 is 1.00 bits per heavy atom. The molecular formula is C17H17N3O2S. The zero-order valence-corrected chi connectivity index (χ0v) is 13.2. The number of benzene rings is 2. The number of hydrogen-bond donors (Lipinski definition) is 2. The quantitative estimate of drug-likeness (QED) is 0.752. The first-order valence-corrected chi connectivity index (χ1v) is 8.70. The van der Waals surface area contributed by atoms with Crippen LogP contribution in [0.4, 0.5) is 0 Å². The molecule has 0 fully saturated rings. The zero-order valence-electron chi connectivity index (χ0n) is 12.4. The lowest BCUT2D eigenvalue weighted by molar-refractivity contribution is 0.573. The summed E-state index contributed by atoms with van der Waals surface area (Å²) in [6, 6.07) is 17.5. The van der Waals surface area contributed by atoms with Crippen LogP contribution in [0.3, 0.4) is 0 Å². The molecule has 3 N–H and O–H groups in total. The highest BCUT2D eigenvalue weighted by Crippen LogP contribution is 2.21. The highest BCUT2D eigenvalue weighted by atomic mass is 32.2. The van der Waals surface area contributed by atoms with Gasteiger partial charge in [0.2, 0.25) is 10.0 Å². The number of fused-ring (bicyclic) bond motifs is 1. The minimum Gasteiger partial charge on any atom is -0.323 e. The molecular weight excluding hydrogens is 310 g/mol. The van der Waals surface area contributed by atoms with Gasteiger partial charge in [-0.15, -0.1) is 0 Å². The molecule has 5 nitrogen and oxygen atoms in total. The van der Waals surface area contributed by atoms with Crippen molar-refractivity contribution in [2.24, 2.45) is 5.73 Å². The summed E-state index contributed by atoms with van der Waals surface area (Å²) >= 11 is 0. The number of hydrogen-bond acceptors (Lipinski definition) is 4. The summed E-state index contributed by atoms with van der Waals surface area (Å²) in [6.07, 6.45) is 1.64. The first kappa shape index (κ1) is 15.6. The monoisotopic (exact) mass is 327 g/mol. The molecule has 1 heterocycles. The van der Waals surface area contributed by atoms with Crippen LogP contribution in [0.25, 0.3) is 10.9 Å².